The Kier molecular flexibility index (Phi) is 3.92. The van der Waals surface area contributed by atoms with Crippen LogP contribution in [0.25, 0.3) is 0 Å². The van der Waals surface area contributed by atoms with Gasteiger partial charge in [-0.05, 0) is 26.0 Å². The maximum Gasteiger partial charge on any atom is 0.307 e. The first-order valence-electron chi connectivity index (χ1n) is 4.74. The summed E-state index contributed by atoms with van der Waals surface area (Å²) >= 11 is 0. The predicted octanol–water partition coefficient (Wildman–Crippen LogP) is 2.62. The van der Waals surface area contributed by atoms with Gasteiger partial charge in [0.15, 0.2) is 0 Å². The summed E-state index contributed by atoms with van der Waals surface area (Å²) in [6, 6.07) is 7.15. The summed E-state index contributed by atoms with van der Waals surface area (Å²) in [7, 11) is 0. The maximum atomic E-state index is 10.6. The molecule has 80 valence electrons. The normalized spacial score (nSPS) is 11.2. The van der Waals surface area contributed by atoms with Crippen LogP contribution in [-0.4, -0.2) is 11.1 Å². The molecule has 3 heteroatoms. The number of para-hydroxylation sites is 1. The van der Waals surface area contributed by atoms with E-state index in [1.807, 2.05) is 26.0 Å². The lowest BCUT2D eigenvalue weighted by atomic mass is 10.1. The Labute approximate surface area is 89.0 Å². The van der Waals surface area contributed by atoms with E-state index in [0.29, 0.717) is 11.3 Å². The molecule has 0 saturated carbocycles. The van der Waals surface area contributed by atoms with E-state index < -0.39 is 5.97 Å². The Bertz CT molecular complexity index is 380. The zero-order valence-corrected chi connectivity index (χ0v) is 8.86. The predicted molar refractivity (Wildman–Crippen MR) is 57.8 cm³/mol. The van der Waals surface area contributed by atoms with Crippen molar-refractivity contribution < 1.29 is 14.6 Å². The molecular formula is C12H14O3. The molecule has 1 N–H and O–H groups in total. The molecule has 3 nitrogen and oxygen atoms in total. The Balaban J connectivity index is 2.91. The van der Waals surface area contributed by atoms with Crippen molar-refractivity contribution in [2.75, 3.05) is 0 Å². The highest BCUT2D eigenvalue weighted by atomic mass is 16.5. The molecule has 0 aliphatic carbocycles. The lowest BCUT2D eigenvalue weighted by molar-refractivity contribution is -0.136. The van der Waals surface area contributed by atoms with E-state index in [4.69, 9.17) is 9.84 Å². The summed E-state index contributed by atoms with van der Waals surface area (Å²) in [5.74, 6) is 0.507. The van der Waals surface area contributed by atoms with Gasteiger partial charge < -0.3 is 9.84 Å². The van der Waals surface area contributed by atoms with E-state index in [-0.39, 0.29) is 6.42 Å². The van der Waals surface area contributed by atoms with Gasteiger partial charge in [0.1, 0.15) is 5.75 Å². The first kappa shape index (κ1) is 11.3. The van der Waals surface area contributed by atoms with Crippen LogP contribution in [0.1, 0.15) is 19.4 Å². The number of carbonyl (C=O) groups is 1. The Hall–Kier alpha value is -1.77. The van der Waals surface area contributed by atoms with Crippen LogP contribution in [-0.2, 0) is 11.2 Å². The fourth-order valence-electron chi connectivity index (χ4n) is 1.14. The molecule has 0 spiro atoms. The number of carboxylic acid groups (broad SMARTS) is 1. The van der Waals surface area contributed by atoms with Gasteiger partial charge in [-0.3, -0.25) is 4.79 Å². The van der Waals surface area contributed by atoms with Crippen molar-refractivity contribution >= 4 is 5.97 Å². The van der Waals surface area contributed by atoms with Gasteiger partial charge in [0.05, 0.1) is 12.2 Å². The first-order valence-corrected chi connectivity index (χ1v) is 4.74. The summed E-state index contributed by atoms with van der Waals surface area (Å²) < 4.78 is 5.49. The number of benzene rings is 1. The molecule has 15 heavy (non-hydrogen) atoms. The standard InChI is InChI=1S/C12H14O3/c1-3-9(2)15-11-7-5-4-6-10(11)8-12(13)14/h3-7H,8H2,1-2H3,(H,13,14)/b9-3+. The van der Waals surface area contributed by atoms with E-state index in [9.17, 15) is 4.79 Å². The second-order valence-electron chi connectivity index (χ2n) is 3.18. The molecule has 0 radical (unpaired) electrons. The second-order valence-corrected chi connectivity index (χ2v) is 3.18. The van der Waals surface area contributed by atoms with Crippen molar-refractivity contribution in [2.45, 2.75) is 20.3 Å². The molecule has 0 aliphatic rings. The van der Waals surface area contributed by atoms with E-state index in [1.54, 1.807) is 18.2 Å². The molecule has 0 atom stereocenters. The van der Waals surface area contributed by atoms with Gasteiger partial charge >= 0.3 is 5.97 Å². The summed E-state index contributed by atoms with van der Waals surface area (Å²) in [6.45, 7) is 3.70. The number of hydrogen-bond donors (Lipinski definition) is 1. The fourth-order valence-corrected chi connectivity index (χ4v) is 1.14. The van der Waals surface area contributed by atoms with Crippen LogP contribution in [0.15, 0.2) is 36.1 Å². The van der Waals surface area contributed by atoms with Gasteiger partial charge in [0.2, 0.25) is 0 Å². The Morgan fingerprint density at radius 3 is 2.73 bits per heavy atom. The SMILES string of the molecule is C/C=C(\C)Oc1ccccc1CC(=O)O. The second kappa shape index (κ2) is 5.20. The van der Waals surface area contributed by atoms with Gasteiger partial charge in [-0.15, -0.1) is 0 Å². The van der Waals surface area contributed by atoms with Crippen LogP contribution in [0.5, 0.6) is 5.75 Å². The smallest absolute Gasteiger partial charge is 0.307 e. The molecule has 0 amide bonds. The van der Waals surface area contributed by atoms with Gasteiger partial charge in [-0.1, -0.05) is 18.2 Å². The largest absolute Gasteiger partial charge is 0.481 e. The first-order chi connectivity index (χ1) is 7.13. The van der Waals surface area contributed by atoms with Gasteiger partial charge in [0.25, 0.3) is 0 Å². The van der Waals surface area contributed by atoms with Crippen LogP contribution in [0.4, 0.5) is 0 Å². The molecule has 0 aliphatic heterocycles. The molecule has 0 heterocycles. The topological polar surface area (TPSA) is 46.5 Å². The molecule has 0 fully saturated rings. The highest BCUT2D eigenvalue weighted by molar-refractivity contribution is 5.71. The van der Waals surface area contributed by atoms with Gasteiger partial charge in [-0.2, -0.15) is 0 Å². The molecule has 0 unspecified atom stereocenters. The van der Waals surface area contributed by atoms with E-state index >= 15 is 0 Å². The average molecular weight is 206 g/mol. The number of rotatable bonds is 4. The van der Waals surface area contributed by atoms with E-state index in [2.05, 4.69) is 0 Å². The molecule has 1 aromatic carbocycles. The zero-order chi connectivity index (χ0) is 11.3. The van der Waals surface area contributed by atoms with Crippen molar-refractivity contribution in [1.82, 2.24) is 0 Å². The van der Waals surface area contributed by atoms with Crippen LogP contribution < -0.4 is 4.74 Å². The highest BCUT2D eigenvalue weighted by Crippen LogP contribution is 2.20. The Morgan fingerprint density at radius 1 is 1.47 bits per heavy atom. The van der Waals surface area contributed by atoms with Crippen molar-refractivity contribution in [3.8, 4) is 5.75 Å². The van der Waals surface area contributed by atoms with Crippen LogP contribution in [0.2, 0.25) is 0 Å². The highest BCUT2D eigenvalue weighted by Gasteiger charge is 2.07. The lowest BCUT2D eigenvalue weighted by Gasteiger charge is -2.09. The van der Waals surface area contributed by atoms with Crippen LogP contribution >= 0.6 is 0 Å². The lowest BCUT2D eigenvalue weighted by Crippen LogP contribution is -2.02. The molecule has 1 aromatic rings. The third-order valence-corrected chi connectivity index (χ3v) is 1.99. The Morgan fingerprint density at radius 2 is 2.13 bits per heavy atom. The fraction of sp³-hybridized carbons (Fsp3) is 0.250. The van der Waals surface area contributed by atoms with Crippen molar-refractivity contribution in [1.29, 1.82) is 0 Å². The molecule has 0 bridgehead atoms. The monoisotopic (exact) mass is 206 g/mol. The third-order valence-electron chi connectivity index (χ3n) is 1.99. The summed E-state index contributed by atoms with van der Waals surface area (Å²) in [5, 5.41) is 8.71. The molecule has 1 rings (SSSR count). The van der Waals surface area contributed by atoms with Gasteiger partial charge in [0, 0.05) is 5.56 Å². The summed E-state index contributed by atoms with van der Waals surface area (Å²) in [6.07, 6.45) is 1.81. The summed E-state index contributed by atoms with van der Waals surface area (Å²) in [4.78, 5) is 10.6. The number of carboxylic acids is 1. The maximum absolute atomic E-state index is 10.6. The molecular weight excluding hydrogens is 192 g/mol. The average Bonchev–Trinajstić information content (AvgIpc) is 2.20. The zero-order valence-electron chi connectivity index (χ0n) is 8.86. The number of aliphatic carboxylic acids is 1. The quantitative estimate of drug-likeness (QED) is 0.770. The van der Waals surface area contributed by atoms with Gasteiger partial charge in [-0.25, -0.2) is 0 Å². The minimum absolute atomic E-state index is 0.0207. The van der Waals surface area contributed by atoms with Crippen molar-refractivity contribution in [2.24, 2.45) is 0 Å². The van der Waals surface area contributed by atoms with Crippen LogP contribution in [0.3, 0.4) is 0 Å². The molecule has 0 aromatic heterocycles. The number of hydrogen-bond acceptors (Lipinski definition) is 2. The minimum Gasteiger partial charge on any atom is -0.481 e. The summed E-state index contributed by atoms with van der Waals surface area (Å²) in [5.41, 5.74) is 0.686. The number of ether oxygens (including phenoxy) is 1. The number of allylic oxidation sites excluding steroid dienone is 2. The minimum atomic E-state index is -0.857. The van der Waals surface area contributed by atoms with E-state index in [0.717, 1.165) is 5.76 Å². The van der Waals surface area contributed by atoms with Crippen LogP contribution in [0, 0.1) is 0 Å². The molecule has 0 saturated heterocycles. The van der Waals surface area contributed by atoms with Crippen molar-refractivity contribution in [3.05, 3.63) is 41.7 Å². The van der Waals surface area contributed by atoms with Crippen molar-refractivity contribution in [3.63, 3.8) is 0 Å². The van der Waals surface area contributed by atoms with E-state index in [1.165, 1.54) is 0 Å². The third kappa shape index (κ3) is 3.46.